The molecule has 0 atom stereocenters. The van der Waals surface area contributed by atoms with Crippen molar-refractivity contribution in [1.29, 1.82) is 10.5 Å². The monoisotopic (exact) mass is 816 g/mol. The quantitative estimate of drug-likeness (QED) is 0.222. The van der Waals surface area contributed by atoms with Crippen LogP contribution in [0.4, 0.5) is 0 Å². The molecule has 0 saturated carbocycles. The van der Waals surface area contributed by atoms with Gasteiger partial charge in [-0.3, -0.25) is 20.2 Å². The number of nitriles is 2. The fourth-order valence-corrected chi connectivity index (χ4v) is 15.7. The molecule has 1 aromatic rings. The van der Waals surface area contributed by atoms with Gasteiger partial charge in [0.1, 0.15) is 22.2 Å². The lowest BCUT2D eigenvalue weighted by atomic mass is 9.86. The van der Waals surface area contributed by atoms with Crippen molar-refractivity contribution >= 4 is 127 Å². The number of fused-ring (bicyclic) bond motifs is 2. The Bertz CT molecular complexity index is 1800. The summed E-state index contributed by atoms with van der Waals surface area (Å²) in [6.45, 7) is 21.5. The second-order valence-corrected chi connectivity index (χ2v) is 24.3. The molecule has 16 heteroatoms. The first-order chi connectivity index (χ1) is 23.0. The van der Waals surface area contributed by atoms with Gasteiger partial charge in [-0.2, -0.15) is 10.5 Å². The highest BCUT2D eigenvalue weighted by molar-refractivity contribution is 8.26. The number of rotatable bonds is 4. The molecule has 0 bridgehead atoms. The van der Waals surface area contributed by atoms with Gasteiger partial charge in [0.25, 0.3) is 11.8 Å². The van der Waals surface area contributed by atoms with Crippen LogP contribution in [0.15, 0.2) is 49.2 Å². The van der Waals surface area contributed by atoms with Gasteiger partial charge in [-0.05, 0) is 48.1 Å². The van der Waals surface area contributed by atoms with Gasteiger partial charge >= 0.3 is 0 Å². The van der Waals surface area contributed by atoms with Crippen LogP contribution in [0, 0.1) is 33.5 Å². The molecule has 4 aliphatic heterocycles. The number of carbonyl (C=O) groups is 2. The Morgan fingerprint density at radius 2 is 0.920 bits per heavy atom. The van der Waals surface area contributed by atoms with Crippen molar-refractivity contribution in [2.45, 2.75) is 111 Å². The summed E-state index contributed by atoms with van der Waals surface area (Å²) in [5.74, 6) is -0.718. The van der Waals surface area contributed by atoms with Gasteiger partial charge in [0, 0.05) is 29.1 Å². The number of hydrogen-bond donors (Lipinski definition) is 2. The Morgan fingerprint density at radius 1 is 0.620 bits per heavy atom. The van der Waals surface area contributed by atoms with Gasteiger partial charge < -0.3 is 0 Å². The highest BCUT2D eigenvalue weighted by atomic mass is 32.2. The smallest absolute Gasteiger partial charge is 0.261 e. The van der Waals surface area contributed by atoms with Crippen molar-refractivity contribution < 1.29 is 9.59 Å². The molecule has 4 heterocycles. The summed E-state index contributed by atoms with van der Waals surface area (Å²) in [5, 5.41) is 27.8. The highest BCUT2D eigenvalue weighted by Gasteiger charge is 2.42. The molecule has 0 radical (unpaired) electrons. The van der Waals surface area contributed by atoms with Gasteiger partial charge in [0.2, 0.25) is 10.2 Å². The number of nitrogens with zero attached hydrogens (tertiary/aromatic N) is 4. The summed E-state index contributed by atoms with van der Waals surface area (Å²) >= 11 is 18.8. The molecule has 0 aromatic heterocycles. The van der Waals surface area contributed by atoms with E-state index in [2.05, 4.69) is 102 Å². The van der Waals surface area contributed by atoms with E-state index in [-0.39, 0.29) is 42.4 Å². The third-order valence-corrected chi connectivity index (χ3v) is 15.1. The van der Waals surface area contributed by atoms with Crippen LogP contribution in [-0.2, 0) is 9.59 Å². The van der Waals surface area contributed by atoms with E-state index < -0.39 is 0 Å². The third-order valence-electron chi connectivity index (χ3n) is 7.12. The van der Waals surface area contributed by atoms with Crippen molar-refractivity contribution in [1.82, 2.24) is 10.6 Å². The minimum atomic E-state index is -0.359. The summed E-state index contributed by atoms with van der Waals surface area (Å²) in [4.78, 5) is 38.7. The lowest BCUT2D eigenvalue weighted by molar-refractivity contribution is -0.116. The molecule has 262 valence electrons. The second kappa shape index (κ2) is 14.2. The summed E-state index contributed by atoms with van der Waals surface area (Å²) in [6.07, 6.45) is 1.72. The van der Waals surface area contributed by atoms with Crippen molar-refractivity contribution in [3.8, 4) is 12.1 Å². The Balaban J connectivity index is 1.58. The maximum atomic E-state index is 13.5. The lowest BCUT2D eigenvalue weighted by Crippen LogP contribution is -2.38. The molecule has 2 amide bonds. The number of benzene rings is 1. The van der Waals surface area contributed by atoms with Gasteiger partial charge in [-0.15, -0.1) is 0 Å². The molecule has 2 N–H and O–H groups in total. The zero-order valence-electron chi connectivity index (χ0n) is 29.3. The predicted molar refractivity (Wildman–Crippen MR) is 221 cm³/mol. The largest absolute Gasteiger partial charge is 0.297 e. The van der Waals surface area contributed by atoms with Gasteiger partial charge in [-0.25, -0.2) is 9.98 Å². The van der Waals surface area contributed by atoms with Gasteiger partial charge in [-0.1, -0.05) is 140 Å². The van der Waals surface area contributed by atoms with E-state index >= 15 is 0 Å². The molecule has 0 fully saturated rings. The summed E-state index contributed by atoms with van der Waals surface area (Å²) in [5.41, 5.74) is 1.65. The lowest BCUT2D eigenvalue weighted by Gasteiger charge is -2.33. The summed E-state index contributed by atoms with van der Waals surface area (Å²) in [7, 11) is 0. The number of carbonyl (C=O) groups excluding carboxylic acids is 2. The van der Waals surface area contributed by atoms with Crippen LogP contribution in [0.2, 0.25) is 0 Å². The zero-order valence-corrected chi connectivity index (χ0v) is 35.8. The van der Waals surface area contributed by atoms with Crippen LogP contribution in [0.25, 0.3) is 0 Å². The Kier molecular flexibility index (Phi) is 11.2. The van der Waals surface area contributed by atoms with Crippen LogP contribution >= 0.6 is 95.0 Å². The average Bonchev–Trinajstić information content (AvgIpc) is 3.52. The SMILES string of the molecule is CC(C)(C)CC(C)(C)SC1=NC(=S)NC(=O)C1=C1Sc2c(C#N)c3c(c(C#N)c2S1)SC(=C1C(=O)NC(=S)N=C1SC(C)(C)CC(C)(C)C)S3. The van der Waals surface area contributed by atoms with E-state index in [1.807, 2.05) is 0 Å². The van der Waals surface area contributed by atoms with E-state index in [1.165, 1.54) is 70.6 Å². The molecule has 50 heavy (non-hydrogen) atoms. The fraction of sp³-hybridized carbons (Fsp3) is 0.471. The fourth-order valence-electron chi connectivity index (χ4n) is 6.39. The second-order valence-electron chi connectivity index (χ2n) is 15.6. The molecule has 0 aliphatic carbocycles. The standard InChI is InChI=1S/C34H36N6O2S8/c1-31(2,3)13-33(7,8)49-25-17(23(41)37-29(43)39-25)27-45-19-15(11-35)21-22(16(12-36)20(19)46-27)48-28(47-21)18-24(42)38-30(44)40-26(18)50-34(9,10)14-32(4,5)6/h13-14H2,1-10H3,(H,37,41,43)(H,38,42,44). The zero-order chi connectivity index (χ0) is 37.1. The van der Waals surface area contributed by atoms with Crippen molar-refractivity contribution in [3.05, 3.63) is 30.7 Å². The normalized spacial score (nSPS) is 18.3. The van der Waals surface area contributed by atoms with E-state index in [9.17, 15) is 20.1 Å². The van der Waals surface area contributed by atoms with E-state index in [0.29, 0.717) is 60.4 Å². The third kappa shape index (κ3) is 8.71. The number of nitrogens with one attached hydrogen (secondary N) is 2. The van der Waals surface area contributed by atoms with Crippen LogP contribution in [0.5, 0.6) is 0 Å². The minimum absolute atomic E-state index is 0.0421. The Hall–Kier alpha value is -1.76. The average molecular weight is 817 g/mol. The number of thioether (sulfide) groups is 6. The number of hydrogen-bond acceptors (Lipinski definition) is 12. The molecule has 5 rings (SSSR count). The topological polar surface area (TPSA) is 130 Å². The van der Waals surface area contributed by atoms with Gasteiger partial charge in [0.15, 0.2) is 0 Å². The van der Waals surface area contributed by atoms with Crippen molar-refractivity contribution in [2.24, 2.45) is 20.8 Å². The first kappa shape index (κ1) is 39.4. The molecule has 1 aromatic carbocycles. The first-order valence-electron chi connectivity index (χ1n) is 15.5. The predicted octanol–water partition coefficient (Wildman–Crippen LogP) is 9.77. The van der Waals surface area contributed by atoms with E-state index in [0.717, 1.165) is 12.8 Å². The number of thiocarbonyl (C=S) groups is 2. The molecular weight excluding hydrogens is 781 g/mol. The van der Waals surface area contributed by atoms with E-state index in [4.69, 9.17) is 24.4 Å². The van der Waals surface area contributed by atoms with Crippen LogP contribution < -0.4 is 10.6 Å². The molecule has 4 aliphatic rings. The molecule has 0 unspecified atom stereocenters. The maximum absolute atomic E-state index is 13.5. The minimum Gasteiger partial charge on any atom is -0.297 e. The molecule has 0 spiro atoms. The van der Waals surface area contributed by atoms with Crippen LogP contribution in [0.1, 0.15) is 93.2 Å². The van der Waals surface area contributed by atoms with Gasteiger partial charge in [0.05, 0.1) is 30.7 Å². The van der Waals surface area contributed by atoms with Crippen LogP contribution in [0.3, 0.4) is 0 Å². The van der Waals surface area contributed by atoms with E-state index in [1.54, 1.807) is 0 Å². The first-order valence-corrected chi connectivity index (χ1v) is 21.2. The molecular formula is C34H36N6O2S8. The van der Waals surface area contributed by atoms with Crippen molar-refractivity contribution in [3.63, 3.8) is 0 Å². The maximum Gasteiger partial charge on any atom is 0.261 e. The Morgan fingerprint density at radius 3 is 1.18 bits per heavy atom. The summed E-state index contributed by atoms with van der Waals surface area (Å²) in [6, 6.07) is 4.75. The summed E-state index contributed by atoms with van der Waals surface area (Å²) < 4.78 is 0.746. The Labute approximate surface area is 330 Å². The van der Waals surface area contributed by atoms with Crippen molar-refractivity contribution in [2.75, 3.05) is 0 Å². The number of aliphatic imine (C=N–C) groups is 2. The molecule has 8 nitrogen and oxygen atoms in total. The molecule has 0 saturated heterocycles. The number of amides is 2. The van der Waals surface area contributed by atoms with Crippen LogP contribution in [-0.4, -0.2) is 41.6 Å². The highest BCUT2D eigenvalue weighted by Crippen LogP contribution is 2.64.